The number of alkyl halides is 4. The van der Waals surface area contributed by atoms with Gasteiger partial charge in [0.05, 0.1) is 18.1 Å². The molecule has 0 radical (unpaired) electrons. The van der Waals surface area contributed by atoms with Gasteiger partial charge in [-0.15, -0.1) is 12.4 Å². The Balaban J connectivity index is 0.00000261. The van der Waals surface area contributed by atoms with Gasteiger partial charge in [-0.25, -0.2) is 13.8 Å². The van der Waals surface area contributed by atoms with E-state index < -0.39 is 35.8 Å². The number of carbonyl (C=O) groups is 1. The fourth-order valence-corrected chi connectivity index (χ4v) is 2.58. The third-order valence-corrected chi connectivity index (χ3v) is 3.83. The number of benzene rings is 1. The Morgan fingerprint density at radius 2 is 1.93 bits per heavy atom. The van der Waals surface area contributed by atoms with Gasteiger partial charge in [0.15, 0.2) is 5.69 Å². The van der Waals surface area contributed by atoms with Crippen molar-refractivity contribution >= 4 is 24.0 Å². The molecule has 1 amide bonds. The summed E-state index contributed by atoms with van der Waals surface area (Å²) in [6, 6.07) is 2.34. The maximum absolute atomic E-state index is 13.8. The molecular formula is C16H14ClF5N4O. The second-order valence-electron chi connectivity index (χ2n) is 5.74. The maximum Gasteiger partial charge on any atom is 0.434 e. The molecule has 27 heavy (non-hydrogen) atoms. The van der Waals surface area contributed by atoms with E-state index in [2.05, 4.69) is 20.6 Å². The number of hydrogen-bond donors (Lipinski definition) is 2. The Morgan fingerprint density at radius 3 is 2.48 bits per heavy atom. The average Bonchev–Trinajstić information content (AvgIpc) is 3.00. The largest absolute Gasteiger partial charge is 0.434 e. The lowest BCUT2D eigenvalue weighted by Crippen LogP contribution is -2.40. The topological polar surface area (TPSA) is 66.9 Å². The number of halogens is 6. The monoisotopic (exact) mass is 408 g/mol. The molecule has 3 rings (SSSR count). The molecule has 1 aliphatic heterocycles. The molecule has 0 aliphatic carbocycles. The van der Waals surface area contributed by atoms with E-state index in [1.54, 1.807) is 0 Å². The van der Waals surface area contributed by atoms with Crippen molar-refractivity contribution in [3.05, 3.63) is 42.1 Å². The predicted molar refractivity (Wildman–Crippen MR) is 89.6 cm³/mol. The first-order valence-corrected chi connectivity index (χ1v) is 7.62. The highest BCUT2D eigenvalue weighted by Gasteiger charge is 2.33. The van der Waals surface area contributed by atoms with Crippen LogP contribution in [0.2, 0.25) is 0 Å². The van der Waals surface area contributed by atoms with Crippen LogP contribution in [0.3, 0.4) is 0 Å². The van der Waals surface area contributed by atoms with Gasteiger partial charge in [-0.2, -0.15) is 13.2 Å². The first-order chi connectivity index (χ1) is 12.2. The second-order valence-corrected chi connectivity index (χ2v) is 5.74. The summed E-state index contributed by atoms with van der Waals surface area (Å²) in [5.41, 5.74) is -1.02. The number of nitrogens with one attached hydrogen (secondary N) is 2. The van der Waals surface area contributed by atoms with E-state index in [0.717, 1.165) is 18.3 Å². The Labute approximate surface area is 156 Å². The van der Waals surface area contributed by atoms with Gasteiger partial charge in [0, 0.05) is 11.3 Å². The molecule has 0 spiro atoms. The lowest BCUT2D eigenvalue weighted by atomic mass is 10.1. The smallest absolute Gasteiger partial charge is 0.325 e. The first kappa shape index (κ1) is 21.0. The Hall–Kier alpha value is -2.33. The number of hydrogen-bond acceptors (Lipinski definition) is 4. The van der Waals surface area contributed by atoms with Gasteiger partial charge < -0.3 is 10.6 Å². The van der Waals surface area contributed by atoms with Gasteiger partial charge >= 0.3 is 6.18 Å². The minimum absolute atomic E-state index is 0. The molecule has 0 saturated carbocycles. The van der Waals surface area contributed by atoms with Crippen LogP contribution in [0.15, 0.2) is 30.6 Å². The zero-order chi connectivity index (χ0) is 18.9. The van der Waals surface area contributed by atoms with Crippen molar-refractivity contribution in [2.24, 2.45) is 0 Å². The van der Waals surface area contributed by atoms with E-state index in [0.29, 0.717) is 12.7 Å². The van der Waals surface area contributed by atoms with E-state index in [4.69, 9.17) is 0 Å². The van der Waals surface area contributed by atoms with E-state index in [1.165, 1.54) is 6.07 Å². The zero-order valence-corrected chi connectivity index (χ0v) is 14.4. The summed E-state index contributed by atoms with van der Waals surface area (Å²) in [5, 5.41) is 5.09. The predicted octanol–water partition coefficient (Wildman–Crippen LogP) is 3.36. The van der Waals surface area contributed by atoms with E-state index in [-0.39, 0.29) is 35.8 Å². The summed E-state index contributed by atoms with van der Waals surface area (Å²) in [4.78, 5) is 18.9. The van der Waals surface area contributed by atoms with E-state index in [1.807, 2.05) is 0 Å². The molecule has 1 aromatic heterocycles. The quantitative estimate of drug-likeness (QED) is 0.764. The van der Waals surface area contributed by atoms with Crippen molar-refractivity contribution in [1.29, 1.82) is 0 Å². The number of rotatable bonds is 3. The van der Waals surface area contributed by atoms with Crippen molar-refractivity contribution < 1.29 is 26.7 Å². The third kappa shape index (κ3) is 4.89. The molecule has 1 aromatic carbocycles. The molecule has 1 fully saturated rings. The van der Waals surface area contributed by atoms with Crippen LogP contribution in [0.25, 0.3) is 11.3 Å². The molecule has 1 aliphatic rings. The van der Waals surface area contributed by atoms with Crippen LogP contribution in [0.5, 0.6) is 0 Å². The van der Waals surface area contributed by atoms with Gasteiger partial charge in [-0.1, -0.05) is 0 Å². The summed E-state index contributed by atoms with van der Waals surface area (Å²) in [6.07, 6.45) is -4.38. The molecule has 1 saturated heterocycles. The summed E-state index contributed by atoms with van der Waals surface area (Å²) in [7, 11) is 0. The molecule has 5 nitrogen and oxygen atoms in total. The van der Waals surface area contributed by atoms with Crippen LogP contribution in [-0.4, -0.2) is 34.6 Å². The number of anilines is 1. The summed E-state index contributed by atoms with van der Waals surface area (Å²) in [6.45, 7) is 0.356. The van der Waals surface area contributed by atoms with Gasteiger partial charge in [0.25, 0.3) is 0 Å². The summed E-state index contributed by atoms with van der Waals surface area (Å²) in [5.74, 6) is -1.40. The normalized spacial score (nSPS) is 19.4. The number of carbonyl (C=O) groups excluding carboxylic acids is 1. The van der Waals surface area contributed by atoms with Crippen LogP contribution in [0.4, 0.5) is 27.6 Å². The molecule has 0 unspecified atom stereocenters. The summed E-state index contributed by atoms with van der Waals surface area (Å²) >= 11 is 0. The zero-order valence-electron chi connectivity index (χ0n) is 13.6. The van der Waals surface area contributed by atoms with Crippen molar-refractivity contribution in [2.75, 3.05) is 11.9 Å². The van der Waals surface area contributed by atoms with E-state index >= 15 is 0 Å². The lowest BCUT2D eigenvalue weighted by Gasteiger charge is -2.14. The molecule has 146 valence electrons. The van der Waals surface area contributed by atoms with Crippen molar-refractivity contribution in [3.63, 3.8) is 0 Å². The fourth-order valence-electron chi connectivity index (χ4n) is 2.58. The highest BCUT2D eigenvalue weighted by molar-refractivity contribution is 5.96. The highest BCUT2D eigenvalue weighted by Crippen LogP contribution is 2.28. The van der Waals surface area contributed by atoms with E-state index in [9.17, 15) is 26.7 Å². The molecule has 2 heterocycles. The number of amides is 1. The van der Waals surface area contributed by atoms with Crippen LogP contribution >= 0.6 is 12.4 Å². The fraction of sp³-hybridized carbons (Fsp3) is 0.312. The van der Waals surface area contributed by atoms with Gasteiger partial charge in [0.2, 0.25) is 5.91 Å². The standard InChI is InChI=1S/C16H13F5N4O.ClH/c17-9-3-8(12-6-24-13(7-23-12)16(19,20)21)4-10(5-9)25-15(26)14-11(18)1-2-22-14;/h3-7,11,14,22H,1-2H2,(H,25,26);1H/t11-,14-;/m0./s1. The van der Waals surface area contributed by atoms with Gasteiger partial charge in [-0.05, 0) is 31.2 Å². The Kier molecular flexibility index (Phi) is 6.32. The van der Waals surface area contributed by atoms with Crippen molar-refractivity contribution in [3.8, 4) is 11.3 Å². The third-order valence-electron chi connectivity index (χ3n) is 3.83. The van der Waals surface area contributed by atoms with Crippen LogP contribution in [0, 0.1) is 5.82 Å². The van der Waals surface area contributed by atoms with Gasteiger partial charge in [0.1, 0.15) is 18.0 Å². The van der Waals surface area contributed by atoms with Crippen LogP contribution in [-0.2, 0) is 11.0 Å². The number of aromatic nitrogens is 2. The summed E-state index contributed by atoms with van der Waals surface area (Å²) < 4.78 is 65.0. The van der Waals surface area contributed by atoms with Gasteiger partial charge in [-0.3, -0.25) is 9.78 Å². The van der Waals surface area contributed by atoms with Crippen molar-refractivity contribution in [1.82, 2.24) is 15.3 Å². The molecule has 2 aromatic rings. The molecule has 11 heteroatoms. The average molecular weight is 409 g/mol. The Morgan fingerprint density at radius 1 is 1.19 bits per heavy atom. The lowest BCUT2D eigenvalue weighted by molar-refractivity contribution is -0.141. The second kappa shape index (κ2) is 8.13. The molecule has 2 atom stereocenters. The number of nitrogens with zero attached hydrogens (tertiary/aromatic N) is 2. The first-order valence-electron chi connectivity index (χ1n) is 7.62. The van der Waals surface area contributed by atoms with Crippen LogP contribution in [0.1, 0.15) is 12.1 Å². The maximum atomic E-state index is 13.8. The molecule has 0 bridgehead atoms. The molecule has 2 N–H and O–H groups in total. The highest BCUT2D eigenvalue weighted by atomic mass is 35.5. The molecular weight excluding hydrogens is 395 g/mol. The minimum atomic E-state index is -4.64. The SMILES string of the molecule is Cl.O=C(Nc1cc(F)cc(-c2cnc(C(F)(F)F)cn2)c1)[C@H]1NCC[C@@H]1F. The minimum Gasteiger partial charge on any atom is -0.325 e. The van der Waals surface area contributed by atoms with Crippen molar-refractivity contribution in [2.45, 2.75) is 24.8 Å². The Bertz CT molecular complexity index is 815. The van der Waals surface area contributed by atoms with Crippen LogP contribution < -0.4 is 10.6 Å².